The van der Waals surface area contributed by atoms with Crippen molar-refractivity contribution in [3.63, 3.8) is 0 Å². The van der Waals surface area contributed by atoms with Gasteiger partial charge in [-0.1, -0.05) is 48.5 Å². The van der Waals surface area contributed by atoms with Crippen LogP contribution < -0.4 is 4.74 Å². The van der Waals surface area contributed by atoms with Gasteiger partial charge in [0.25, 0.3) is 0 Å². The van der Waals surface area contributed by atoms with Crippen LogP contribution in [0.15, 0.2) is 66.2 Å². The zero-order valence-corrected chi connectivity index (χ0v) is 12.5. The van der Waals surface area contributed by atoms with E-state index in [0.717, 1.165) is 5.56 Å². The third-order valence-electron chi connectivity index (χ3n) is 3.27. The van der Waals surface area contributed by atoms with E-state index in [1.807, 2.05) is 36.4 Å². The predicted molar refractivity (Wildman–Crippen MR) is 86.2 cm³/mol. The normalized spacial score (nSPS) is 15.3. The number of hydrogen-bond donors (Lipinski definition) is 0. The van der Waals surface area contributed by atoms with Crippen molar-refractivity contribution in [3.05, 3.63) is 77.4 Å². The van der Waals surface area contributed by atoms with Crippen LogP contribution in [0.5, 0.6) is 5.75 Å². The van der Waals surface area contributed by atoms with E-state index in [1.165, 1.54) is 6.92 Å². The van der Waals surface area contributed by atoms with E-state index in [1.54, 1.807) is 30.4 Å². The van der Waals surface area contributed by atoms with Gasteiger partial charge >= 0.3 is 11.9 Å². The van der Waals surface area contributed by atoms with Gasteiger partial charge in [0.05, 0.1) is 5.57 Å². The average Bonchev–Trinajstić information content (AvgIpc) is 2.91. The Morgan fingerprint density at radius 2 is 1.74 bits per heavy atom. The van der Waals surface area contributed by atoms with Gasteiger partial charge in [-0.15, -0.1) is 0 Å². The fourth-order valence-electron chi connectivity index (χ4n) is 2.25. The van der Waals surface area contributed by atoms with Gasteiger partial charge in [-0.2, -0.15) is 0 Å². The summed E-state index contributed by atoms with van der Waals surface area (Å²) in [5.41, 5.74) is 1.88. The Balaban J connectivity index is 1.95. The first-order chi connectivity index (χ1) is 11.1. The predicted octanol–water partition coefficient (Wildman–Crippen LogP) is 3.59. The molecule has 1 heterocycles. The molecule has 0 radical (unpaired) electrons. The van der Waals surface area contributed by atoms with Crippen LogP contribution in [0.2, 0.25) is 0 Å². The number of ether oxygens (including phenoxy) is 2. The molecule has 23 heavy (non-hydrogen) atoms. The van der Waals surface area contributed by atoms with Crippen molar-refractivity contribution in [3.8, 4) is 5.75 Å². The number of cyclic esters (lactones) is 1. The van der Waals surface area contributed by atoms with Gasteiger partial charge in [0, 0.05) is 18.1 Å². The van der Waals surface area contributed by atoms with Gasteiger partial charge in [0.2, 0.25) is 0 Å². The van der Waals surface area contributed by atoms with Crippen molar-refractivity contribution in [2.75, 3.05) is 0 Å². The Bertz CT molecular complexity index is 816. The Hall–Kier alpha value is -3.14. The molecule has 0 aromatic heterocycles. The summed E-state index contributed by atoms with van der Waals surface area (Å²) in [5.74, 6) is 0.0699. The third kappa shape index (κ3) is 3.37. The van der Waals surface area contributed by atoms with Gasteiger partial charge in [0.1, 0.15) is 11.5 Å². The summed E-state index contributed by atoms with van der Waals surface area (Å²) in [6.45, 7) is 1.33. The van der Waals surface area contributed by atoms with Crippen molar-refractivity contribution in [1.29, 1.82) is 0 Å². The molecule has 0 saturated heterocycles. The quantitative estimate of drug-likeness (QED) is 0.494. The van der Waals surface area contributed by atoms with E-state index in [0.29, 0.717) is 22.6 Å². The molecule has 114 valence electrons. The SMILES string of the molecule is CC(=O)Oc1ccccc1/C=C1/C=C(c2ccccc2)OC1=O. The Morgan fingerprint density at radius 3 is 2.48 bits per heavy atom. The highest BCUT2D eigenvalue weighted by Crippen LogP contribution is 2.29. The van der Waals surface area contributed by atoms with Crippen molar-refractivity contribution in [2.45, 2.75) is 6.92 Å². The minimum absolute atomic E-state index is 0.405. The second-order valence-electron chi connectivity index (χ2n) is 5.00. The molecule has 1 aliphatic heterocycles. The highest BCUT2D eigenvalue weighted by atomic mass is 16.5. The van der Waals surface area contributed by atoms with Crippen LogP contribution in [0.25, 0.3) is 11.8 Å². The number of esters is 2. The molecular weight excluding hydrogens is 292 g/mol. The van der Waals surface area contributed by atoms with E-state index in [-0.39, 0.29) is 0 Å². The fourth-order valence-corrected chi connectivity index (χ4v) is 2.25. The number of rotatable bonds is 3. The van der Waals surface area contributed by atoms with Crippen LogP contribution in [0.3, 0.4) is 0 Å². The first-order valence-electron chi connectivity index (χ1n) is 7.12. The zero-order chi connectivity index (χ0) is 16.2. The molecule has 0 spiro atoms. The van der Waals surface area contributed by atoms with Gasteiger partial charge in [-0.25, -0.2) is 4.79 Å². The highest BCUT2D eigenvalue weighted by molar-refractivity contribution is 6.05. The Morgan fingerprint density at radius 1 is 1.04 bits per heavy atom. The number of hydrogen-bond acceptors (Lipinski definition) is 4. The number of para-hydroxylation sites is 1. The summed E-state index contributed by atoms with van der Waals surface area (Å²) in [6.07, 6.45) is 3.33. The first-order valence-corrected chi connectivity index (χ1v) is 7.12. The van der Waals surface area contributed by atoms with Gasteiger partial charge in [-0.05, 0) is 18.2 Å². The summed E-state index contributed by atoms with van der Waals surface area (Å²) in [4.78, 5) is 23.2. The maximum atomic E-state index is 12.0. The lowest BCUT2D eigenvalue weighted by atomic mass is 10.1. The van der Waals surface area contributed by atoms with E-state index in [2.05, 4.69) is 0 Å². The van der Waals surface area contributed by atoms with E-state index < -0.39 is 11.9 Å². The molecule has 0 saturated carbocycles. The molecular formula is C19H14O4. The number of carbonyl (C=O) groups is 2. The van der Waals surface area contributed by atoms with Crippen molar-refractivity contribution in [1.82, 2.24) is 0 Å². The summed E-state index contributed by atoms with van der Waals surface area (Å²) in [7, 11) is 0. The molecule has 3 rings (SSSR count). The molecule has 2 aromatic rings. The van der Waals surface area contributed by atoms with Crippen molar-refractivity contribution in [2.24, 2.45) is 0 Å². The lowest BCUT2D eigenvalue weighted by Gasteiger charge is -2.05. The molecule has 0 N–H and O–H groups in total. The minimum Gasteiger partial charge on any atom is -0.426 e. The van der Waals surface area contributed by atoms with E-state index in [9.17, 15) is 9.59 Å². The fraction of sp³-hybridized carbons (Fsp3) is 0.0526. The number of benzene rings is 2. The largest absolute Gasteiger partial charge is 0.426 e. The second-order valence-corrected chi connectivity index (χ2v) is 5.00. The van der Waals surface area contributed by atoms with E-state index >= 15 is 0 Å². The van der Waals surface area contributed by atoms with Crippen LogP contribution in [0, 0.1) is 0 Å². The molecule has 0 fully saturated rings. The highest BCUT2D eigenvalue weighted by Gasteiger charge is 2.22. The molecule has 0 atom stereocenters. The molecule has 1 aliphatic rings. The molecule has 0 unspecified atom stereocenters. The maximum absolute atomic E-state index is 12.0. The third-order valence-corrected chi connectivity index (χ3v) is 3.27. The second kappa shape index (κ2) is 6.32. The molecule has 4 heteroatoms. The van der Waals surface area contributed by atoms with Crippen molar-refractivity contribution >= 4 is 23.8 Å². The first kappa shape index (κ1) is 14.8. The lowest BCUT2D eigenvalue weighted by Crippen LogP contribution is -2.03. The van der Waals surface area contributed by atoms with Crippen LogP contribution in [0.1, 0.15) is 18.1 Å². The van der Waals surface area contributed by atoms with Gasteiger partial charge in [-0.3, -0.25) is 4.79 Å². The van der Waals surface area contributed by atoms with Gasteiger partial charge < -0.3 is 9.47 Å². The lowest BCUT2D eigenvalue weighted by molar-refractivity contribution is -0.132. The topological polar surface area (TPSA) is 52.6 Å². The molecule has 0 bridgehead atoms. The van der Waals surface area contributed by atoms with Crippen LogP contribution in [-0.4, -0.2) is 11.9 Å². The summed E-state index contributed by atoms with van der Waals surface area (Å²) in [6, 6.07) is 16.4. The smallest absolute Gasteiger partial charge is 0.343 e. The molecule has 0 aliphatic carbocycles. The maximum Gasteiger partial charge on any atom is 0.343 e. The zero-order valence-electron chi connectivity index (χ0n) is 12.5. The summed E-state index contributed by atoms with van der Waals surface area (Å²) in [5, 5.41) is 0. The van der Waals surface area contributed by atoms with Gasteiger partial charge in [0.15, 0.2) is 0 Å². The van der Waals surface area contributed by atoms with Crippen LogP contribution >= 0.6 is 0 Å². The molecule has 0 amide bonds. The Labute approximate surface area is 133 Å². The standard InChI is InChI=1S/C19H14O4/c1-13(20)22-17-10-6-5-9-15(17)11-16-12-18(23-19(16)21)14-7-3-2-4-8-14/h2-12H,1H3/b16-11-. The summed E-state index contributed by atoms with van der Waals surface area (Å²) < 4.78 is 10.4. The molecule has 2 aromatic carbocycles. The summed E-state index contributed by atoms with van der Waals surface area (Å²) >= 11 is 0. The average molecular weight is 306 g/mol. The van der Waals surface area contributed by atoms with E-state index in [4.69, 9.17) is 9.47 Å². The van der Waals surface area contributed by atoms with Crippen LogP contribution in [0.4, 0.5) is 0 Å². The number of carbonyl (C=O) groups excluding carboxylic acids is 2. The van der Waals surface area contributed by atoms with Crippen LogP contribution in [-0.2, 0) is 14.3 Å². The molecule has 4 nitrogen and oxygen atoms in total. The monoisotopic (exact) mass is 306 g/mol. The van der Waals surface area contributed by atoms with Crippen molar-refractivity contribution < 1.29 is 19.1 Å². The minimum atomic E-state index is -0.429. The Kier molecular flexibility index (Phi) is 4.06.